The summed E-state index contributed by atoms with van der Waals surface area (Å²) in [4.78, 5) is 2.39. The van der Waals surface area contributed by atoms with Crippen molar-refractivity contribution >= 4 is 10.0 Å². The van der Waals surface area contributed by atoms with Gasteiger partial charge in [0.2, 0.25) is 10.0 Å². The summed E-state index contributed by atoms with van der Waals surface area (Å²) >= 11 is 0. The van der Waals surface area contributed by atoms with Gasteiger partial charge in [0.15, 0.2) is 0 Å². The van der Waals surface area contributed by atoms with Crippen molar-refractivity contribution in [3.63, 3.8) is 0 Å². The maximum absolute atomic E-state index is 12.2. The van der Waals surface area contributed by atoms with Gasteiger partial charge in [0.25, 0.3) is 0 Å². The maximum Gasteiger partial charge on any atom is 0.214 e. The SMILES string of the molecule is Cc1nn(C(C)C)cc1CN1CCC[C@H](N2CCCS2(=O)=O)C1. The zero-order valence-corrected chi connectivity index (χ0v) is 15.2. The second kappa shape index (κ2) is 6.53. The van der Waals surface area contributed by atoms with Gasteiger partial charge in [-0.15, -0.1) is 0 Å². The topological polar surface area (TPSA) is 58.4 Å². The molecule has 1 aromatic rings. The highest BCUT2D eigenvalue weighted by molar-refractivity contribution is 7.89. The van der Waals surface area contributed by atoms with Crippen LogP contribution in [0.1, 0.15) is 50.4 Å². The van der Waals surface area contributed by atoms with Crippen LogP contribution in [-0.2, 0) is 16.6 Å². The van der Waals surface area contributed by atoms with Crippen LogP contribution in [0.15, 0.2) is 6.20 Å². The summed E-state index contributed by atoms with van der Waals surface area (Å²) in [6, 6.07) is 0.517. The Morgan fingerprint density at radius 2 is 2.09 bits per heavy atom. The molecular weight excluding hydrogens is 312 g/mol. The second-order valence-corrected chi connectivity index (χ2v) is 9.17. The van der Waals surface area contributed by atoms with Crippen LogP contribution < -0.4 is 0 Å². The van der Waals surface area contributed by atoms with Gasteiger partial charge in [0, 0.05) is 43.5 Å². The molecule has 0 saturated carbocycles. The molecule has 3 rings (SSSR count). The van der Waals surface area contributed by atoms with Gasteiger partial charge in [-0.1, -0.05) is 0 Å². The van der Waals surface area contributed by atoms with E-state index in [2.05, 4.69) is 37.0 Å². The normalized spacial score (nSPS) is 26.2. The van der Waals surface area contributed by atoms with Gasteiger partial charge >= 0.3 is 0 Å². The second-order valence-electron chi connectivity index (χ2n) is 7.12. The average Bonchev–Trinajstić information content (AvgIpc) is 3.02. The van der Waals surface area contributed by atoms with Crippen molar-refractivity contribution in [2.45, 2.75) is 58.7 Å². The molecule has 7 heteroatoms. The third kappa shape index (κ3) is 3.61. The van der Waals surface area contributed by atoms with Crippen LogP contribution >= 0.6 is 0 Å². The van der Waals surface area contributed by atoms with Crippen LogP contribution in [0.5, 0.6) is 0 Å². The lowest BCUT2D eigenvalue weighted by molar-refractivity contribution is 0.146. The molecule has 0 unspecified atom stereocenters. The number of likely N-dealkylation sites (tertiary alicyclic amines) is 1. The van der Waals surface area contributed by atoms with E-state index in [1.165, 1.54) is 5.56 Å². The van der Waals surface area contributed by atoms with E-state index in [9.17, 15) is 8.42 Å². The highest BCUT2D eigenvalue weighted by atomic mass is 32.2. The van der Waals surface area contributed by atoms with Crippen LogP contribution in [-0.4, -0.2) is 58.8 Å². The lowest BCUT2D eigenvalue weighted by Crippen LogP contribution is -2.48. The van der Waals surface area contributed by atoms with Crippen molar-refractivity contribution in [2.24, 2.45) is 0 Å². The minimum Gasteiger partial charge on any atom is -0.297 e. The third-order valence-corrected chi connectivity index (χ3v) is 6.97. The number of hydrogen-bond donors (Lipinski definition) is 0. The van der Waals surface area contributed by atoms with Crippen molar-refractivity contribution in [1.82, 2.24) is 19.0 Å². The van der Waals surface area contributed by atoms with E-state index in [0.717, 1.165) is 44.6 Å². The van der Waals surface area contributed by atoms with E-state index in [0.29, 0.717) is 18.3 Å². The Balaban J connectivity index is 1.67. The first-order chi connectivity index (χ1) is 10.9. The molecule has 0 amide bonds. The molecule has 0 spiro atoms. The lowest BCUT2D eigenvalue weighted by atomic mass is 10.0. The predicted molar refractivity (Wildman–Crippen MR) is 90.8 cm³/mol. The number of rotatable bonds is 4. The molecule has 0 bridgehead atoms. The molecular formula is C16H28N4O2S. The fourth-order valence-corrected chi connectivity index (χ4v) is 5.42. The zero-order chi connectivity index (χ0) is 16.6. The minimum atomic E-state index is -3.01. The largest absolute Gasteiger partial charge is 0.297 e. The van der Waals surface area contributed by atoms with E-state index in [1.54, 1.807) is 4.31 Å². The average molecular weight is 340 g/mol. The smallest absolute Gasteiger partial charge is 0.214 e. The van der Waals surface area contributed by atoms with Crippen molar-refractivity contribution in [2.75, 3.05) is 25.4 Å². The standard InChI is InChI=1S/C16H28N4O2S/c1-13(2)19-11-15(14(3)17-19)10-18-7-4-6-16(12-18)20-8-5-9-23(20,21)22/h11,13,16H,4-10,12H2,1-3H3/t16-/m0/s1. The minimum absolute atomic E-state index is 0.150. The van der Waals surface area contributed by atoms with Crippen LogP contribution in [0.2, 0.25) is 0 Å². The molecule has 1 aromatic heterocycles. The van der Waals surface area contributed by atoms with E-state index in [4.69, 9.17) is 0 Å². The molecule has 0 N–H and O–H groups in total. The number of hydrogen-bond acceptors (Lipinski definition) is 4. The van der Waals surface area contributed by atoms with Gasteiger partial charge in [0.05, 0.1) is 11.4 Å². The molecule has 0 aliphatic carbocycles. The number of piperidine rings is 1. The highest BCUT2D eigenvalue weighted by Crippen LogP contribution is 2.25. The highest BCUT2D eigenvalue weighted by Gasteiger charge is 2.36. The lowest BCUT2D eigenvalue weighted by Gasteiger charge is -2.36. The maximum atomic E-state index is 12.2. The molecule has 0 aromatic carbocycles. The van der Waals surface area contributed by atoms with Crippen LogP contribution in [0.25, 0.3) is 0 Å². The van der Waals surface area contributed by atoms with Crippen LogP contribution in [0.3, 0.4) is 0 Å². The Hall–Kier alpha value is -0.920. The molecule has 2 aliphatic heterocycles. The van der Waals surface area contributed by atoms with E-state index in [-0.39, 0.29) is 6.04 Å². The Bertz CT molecular complexity index is 653. The summed E-state index contributed by atoms with van der Waals surface area (Å²) in [6.07, 6.45) is 4.96. The van der Waals surface area contributed by atoms with Gasteiger partial charge in [-0.25, -0.2) is 8.42 Å². The summed E-state index contributed by atoms with van der Waals surface area (Å²) < 4.78 is 28.1. The molecule has 2 fully saturated rings. The third-order valence-electron chi connectivity index (χ3n) is 4.97. The molecule has 1 atom stereocenters. The Kier molecular flexibility index (Phi) is 4.80. The van der Waals surface area contributed by atoms with Crippen molar-refractivity contribution < 1.29 is 8.42 Å². The molecule has 23 heavy (non-hydrogen) atoms. The van der Waals surface area contributed by atoms with Crippen LogP contribution in [0.4, 0.5) is 0 Å². The number of aryl methyl sites for hydroxylation is 1. The number of sulfonamides is 1. The fraction of sp³-hybridized carbons (Fsp3) is 0.812. The quantitative estimate of drug-likeness (QED) is 0.838. The molecule has 2 aliphatic rings. The fourth-order valence-electron chi connectivity index (χ4n) is 3.66. The summed E-state index contributed by atoms with van der Waals surface area (Å²) in [6.45, 7) is 9.76. The predicted octanol–water partition coefficient (Wildman–Crippen LogP) is 1.77. The molecule has 3 heterocycles. The van der Waals surface area contributed by atoms with Gasteiger partial charge < -0.3 is 0 Å². The first-order valence-electron chi connectivity index (χ1n) is 8.63. The number of nitrogens with zero attached hydrogens (tertiary/aromatic N) is 4. The van der Waals surface area contributed by atoms with Crippen molar-refractivity contribution in [1.29, 1.82) is 0 Å². The molecule has 0 radical (unpaired) electrons. The van der Waals surface area contributed by atoms with Crippen molar-refractivity contribution in [3.05, 3.63) is 17.5 Å². The summed E-state index contributed by atoms with van der Waals surface area (Å²) in [5, 5.41) is 4.58. The summed E-state index contributed by atoms with van der Waals surface area (Å²) in [5.74, 6) is 0.323. The molecule has 6 nitrogen and oxygen atoms in total. The van der Waals surface area contributed by atoms with Crippen LogP contribution in [0, 0.1) is 6.92 Å². The van der Waals surface area contributed by atoms with Gasteiger partial charge in [0.1, 0.15) is 0 Å². The van der Waals surface area contributed by atoms with Gasteiger partial charge in [-0.2, -0.15) is 9.40 Å². The first kappa shape index (κ1) is 16.9. The molecule has 2 saturated heterocycles. The monoisotopic (exact) mass is 340 g/mol. The zero-order valence-electron chi connectivity index (χ0n) is 14.4. The Morgan fingerprint density at radius 1 is 1.30 bits per heavy atom. The summed E-state index contributed by atoms with van der Waals surface area (Å²) in [7, 11) is -3.01. The van der Waals surface area contributed by atoms with Gasteiger partial charge in [-0.05, 0) is 46.6 Å². The van der Waals surface area contributed by atoms with E-state index < -0.39 is 10.0 Å². The van der Waals surface area contributed by atoms with E-state index in [1.807, 2.05) is 4.68 Å². The van der Waals surface area contributed by atoms with Gasteiger partial charge in [-0.3, -0.25) is 9.58 Å². The molecule has 130 valence electrons. The summed E-state index contributed by atoms with van der Waals surface area (Å²) in [5.41, 5.74) is 2.33. The number of aromatic nitrogens is 2. The Morgan fingerprint density at radius 3 is 2.70 bits per heavy atom. The van der Waals surface area contributed by atoms with Crippen molar-refractivity contribution in [3.8, 4) is 0 Å². The van der Waals surface area contributed by atoms with E-state index >= 15 is 0 Å². The Labute approximate surface area is 139 Å². The first-order valence-corrected chi connectivity index (χ1v) is 10.2.